The predicted molar refractivity (Wildman–Crippen MR) is 130 cm³/mol. The van der Waals surface area contributed by atoms with Crippen molar-refractivity contribution in [3.8, 4) is 5.75 Å². The third-order valence-electron chi connectivity index (χ3n) is 5.45. The second-order valence-corrected chi connectivity index (χ2v) is 9.23. The Balaban J connectivity index is 1.96. The van der Waals surface area contributed by atoms with Crippen LogP contribution in [0.3, 0.4) is 0 Å². The highest BCUT2D eigenvalue weighted by molar-refractivity contribution is 5.93. The van der Waals surface area contributed by atoms with Crippen LogP contribution in [-0.4, -0.2) is 62.0 Å². The number of anilines is 1. The molecule has 0 saturated carbocycles. The fraction of sp³-hybridized carbons (Fsp3) is 0.500. The number of hydrogen-bond donors (Lipinski definition) is 2. The molecule has 1 unspecified atom stereocenters. The van der Waals surface area contributed by atoms with Gasteiger partial charge in [-0.25, -0.2) is 0 Å². The third kappa shape index (κ3) is 7.93. The smallest absolute Gasteiger partial charge is 0.238 e. The number of methoxy groups -OCH3 is 1. The van der Waals surface area contributed by atoms with Crippen LogP contribution in [0.1, 0.15) is 37.5 Å². The molecule has 2 rings (SSSR count). The average molecular weight is 443 g/mol. The lowest BCUT2D eigenvalue weighted by molar-refractivity contribution is -0.117. The van der Waals surface area contributed by atoms with Gasteiger partial charge in [-0.2, -0.15) is 0 Å². The summed E-state index contributed by atoms with van der Waals surface area (Å²) in [5.41, 5.74) is 4.02. The molecule has 0 bridgehead atoms. The number of ether oxygens (including phenoxy) is 2. The second kappa shape index (κ2) is 12.0. The van der Waals surface area contributed by atoms with Crippen molar-refractivity contribution in [1.29, 1.82) is 0 Å². The molecule has 1 atom stereocenters. The van der Waals surface area contributed by atoms with Crippen LogP contribution in [0.4, 0.5) is 5.69 Å². The topological polar surface area (TPSA) is 71.0 Å². The van der Waals surface area contributed by atoms with E-state index in [-0.39, 0.29) is 24.5 Å². The van der Waals surface area contributed by atoms with Gasteiger partial charge in [-0.1, -0.05) is 51.1 Å². The molecule has 176 valence electrons. The summed E-state index contributed by atoms with van der Waals surface area (Å²) in [6.07, 6.45) is -0.742. The number of carbonyl (C=O) groups excluding carboxylic acids is 1. The minimum atomic E-state index is -0.742. The monoisotopic (exact) mass is 442 g/mol. The third-order valence-corrected chi connectivity index (χ3v) is 5.45. The zero-order valence-corrected chi connectivity index (χ0v) is 20.3. The summed E-state index contributed by atoms with van der Waals surface area (Å²) in [5, 5.41) is 13.6. The lowest BCUT2D eigenvalue weighted by atomic mass is 9.86. The number of para-hydroxylation sites is 1. The Morgan fingerprint density at radius 1 is 1.12 bits per heavy atom. The number of carbonyl (C=O) groups is 1. The Bertz CT molecular complexity index is 876. The lowest BCUT2D eigenvalue weighted by Gasteiger charge is -2.26. The van der Waals surface area contributed by atoms with Gasteiger partial charge in [0.25, 0.3) is 0 Å². The summed E-state index contributed by atoms with van der Waals surface area (Å²) in [6.45, 7) is 12.0. The second-order valence-electron chi connectivity index (χ2n) is 9.23. The van der Waals surface area contributed by atoms with Gasteiger partial charge in [0.1, 0.15) is 18.5 Å². The van der Waals surface area contributed by atoms with E-state index >= 15 is 0 Å². The number of aliphatic hydroxyl groups excluding tert-OH is 1. The first-order valence-corrected chi connectivity index (χ1v) is 11.1. The molecule has 2 aromatic carbocycles. The first-order chi connectivity index (χ1) is 15.1. The summed E-state index contributed by atoms with van der Waals surface area (Å²) in [7, 11) is 1.62. The van der Waals surface area contributed by atoms with E-state index in [1.807, 2.05) is 61.2 Å². The SMILES string of the molecule is COCCN(CC(=O)Nc1cccc(C)c1C)CC(O)COc1ccccc1C(C)(C)C. The molecule has 0 aliphatic rings. The molecule has 6 nitrogen and oxygen atoms in total. The molecule has 0 aliphatic heterocycles. The van der Waals surface area contributed by atoms with Crippen LogP contribution in [0.2, 0.25) is 0 Å². The number of hydrogen-bond acceptors (Lipinski definition) is 5. The van der Waals surface area contributed by atoms with E-state index < -0.39 is 6.10 Å². The number of aliphatic hydroxyl groups is 1. The number of benzene rings is 2. The van der Waals surface area contributed by atoms with Gasteiger partial charge < -0.3 is 19.9 Å². The van der Waals surface area contributed by atoms with Crippen LogP contribution in [0.25, 0.3) is 0 Å². The van der Waals surface area contributed by atoms with E-state index in [2.05, 4.69) is 26.1 Å². The summed E-state index contributed by atoms with van der Waals surface area (Å²) < 4.78 is 11.1. The maximum absolute atomic E-state index is 12.7. The zero-order valence-electron chi connectivity index (χ0n) is 20.3. The molecular weight excluding hydrogens is 404 g/mol. The van der Waals surface area contributed by atoms with Gasteiger partial charge in [-0.05, 0) is 48.1 Å². The minimum absolute atomic E-state index is 0.0575. The zero-order chi connectivity index (χ0) is 23.7. The van der Waals surface area contributed by atoms with Crippen molar-refractivity contribution in [2.45, 2.75) is 46.1 Å². The van der Waals surface area contributed by atoms with Crippen LogP contribution in [0.5, 0.6) is 5.75 Å². The molecule has 1 amide bonds. The molecule has 0 saturated heterocycles. The molecule has 0 fully saturated rings. The first kappa shape index (κ1) is 25.8. The average Bonchev–Trinajstić information content (AvgIpc) is 2.73. The van der Waals surface area contributed by atoms with Crippen molar-refractivity contribution in [3.05, 3.63) is 59.2 Å². The van der Waals surface area contributed by atoms with Crippen LogP contribution >= 0.6 is 0 Å². The summed E-state index contributed by atoms with van der Waals surface area (Å²) in [5.74, 6) is 0.649. The van der Waals surface area contributed by atoms with E-state index in [0.717, 1.165) is 28.1 Å². The number of amides is 1. The molecule has 0 spiro atoms. The number of aryl methyl sites for hydroxylation is 1. The van der Waals surface area contributed by atoms with Crippen molar-refractivity contribution in [2.75, 3.05) is 45.3 Å². The molecule has 0 aliphatic carbocycles. The van der Waals surface area contributed by atoms with Gasteiger partial charge in [0.2, 0.25) is 5.91 Å². The van der Waals surface area contributed by atoms with Gasteiger partial charge in [-0.15, -0.1) is 0 Å². The Hall–Kier alpha value is -2.41. The lowest BCUT2D eigenvalue weighted by Crippen LogP contribution is -2.42. The minimum Gasteiger partial charge on any atom is -0.491 e. The van der Waals surface area contributed by atoms with E-state index in [9.17, 15) is 9.90 Å². The van der Waals surface area contributed by atoms with Crippen LogP contribution < -0.4 is 10.1 Å². The van der Waals surface area contributed by atoms with Crippen LogP contribution in [0, 0.1) is 13.8 Å². The quantitative estimate of drug-likeness (QED) is 0.552. The highest BCUT2D eigenvalue weighted by Crippen LogP contribution is 2.31. The standard InChI is InChI=1S/C26H38N2O4/c1-19-10-9-12-23(20(19)2)27-25(30)17-28(14-15-31-6)16-21(29)18-32-24-13-8-7-11-22(24)26(3,4)5/h7-13,21,29H,14-18H2,1-6H3,(H,27,30). The molecular formula is C26H38N2O4. The molecule has 0 radical (unpaired) electrons. The predicted octanol–water partition coefficient (Wildman–Crippen LogP) is 3.93. The number of nitrogens with one attached hydrogen (secondary N) is 1. The van der Waals surface area contributed by atoms with Crippen molar-refractivity contribution in [2.24, 2.45) is 0 Å². The van der Waals surface area contributed by atoms with Gasteiger partial charge in [0.15, 0.2) is 0 Å². The van der Waals surface area contributed by atoms with E-state index in [0.29, 0.717) is 19.7 Å². The van der Waals surface area contributed by atoms with Gasteiger partial charge in [0, 0.05) is 25.9 Å². The Morgan fingerprint density at radius 2 is 1.84 bits per heavy atom. The van der Waals surface area contributed by atoms with Crippen molar-refractivity contribution >= 4 is 11.6 Å². The van der Waals surface area contributed by atoms with E-state index in [1.54, 1.807) is 7.11 Å². The van der Waals surface area contributed by atoms with Crippen molar-refractivity contribution in [1.82, 2.24) is 4.90 Å². The molecule has 6 heteroatoms. The van der Waals surface area contributed by atoms with Crippen molar-refractivity contribution in [3.63, 3.8) is 0 Å². The fourth-order valence-corrected chi connectivity index (χ4v) is 3.48. The maximum Gasteiger partial charge on any atom is 0.238 e. The largest absolute Gasteiger partial charge is 0.491 e. The highest BCUT2D eigenvalue weighted by Gasteiger charge is 2.20. The molecule has 0 aromatic heterocycles. The molecule has 0 heterocycles. The Labute approximate surface area is 192 Å². The summed E-state index contributed by atoms with van der Waals surface area (Å²) in [6, 6.07) is 13.7. The number of nitrogens with zero attached hydrogens (tertiary/aromatic N) is 1. The van der Waals surface area contributed by atoms with E-state index in [1.165, 1.54) is 0 Å². The molecule has 32 heavy (non-hydrogen) atoms. The first-order valence-electron chi connectivity index (χ1n) is 11.1. The van der Waals surface area contributed by atoms with E-state index in [4.69, 9.17) is 9.47 Å². The van der Waals surface area contributed by atoms with Crippen LogP contribution in [0.15, 0.2) is 42.5 Å². The Morgan fingerprint density at radius 3 is 2.53 bits per heavy atom. The van der Waals surface area contributed by atoms with Crippen LogP contribution in [-0.2, 0) is 14.9 Å². The summed E-state index contributed by atoms with van der Waals surface area (Å²) >= 11 is 0. The van der Waals surface area contributed by atoms with Gasteiger partial charge in [0.05, 0.1) is 13.2 Å². The molecule has 2 aromatic rings. The van der Waals surface area contributed by atoms with Gasteiger partial charge in [-0.3, -0.25) is 9.69 Å². The number of rotatable bonds is 11. The molecule has 2 N–H and O–H groups in total. The fourth-order valence-electron chi connectivity index (χ4n) is 3.48. The van der Waals surface area contributed by atoms with Gasteiger partial charge >= 0.3 is 0 Å². The normalized spacial score (nSPS) is 12.6. The highest BCUT2D eigenvalue weighted by atomic mass is 16.5. The van der Waals surface area contributed by atoms with Crippen molar-refractivity contribution < 1.29 is 19.4 Å². The summed E-state index contributed by atoms with van der Waals surface area (Å²) in [4.78, 5) is 14.5. The maximum atomic E-state index is 12.7. The Kier molecular flexibility index (Phi) is 9.69.